The van der Waals surface area contributed by atoms with Crippen LogP contribution in [0.1, 0.15) is 60.5 Å². The molecule has 2 unspecified atom stereocenters. The van der Waals surface area contributed by atoms with E-state index in [9.17, 15) is 0 Å². The van der Waals surface area contributed by atoms with E-state index >= 15 is 0 Å². The number of aryl methyl sites for hydroxylation is 3. The molecule has 5 heteroatoms. The summed E-state index contributed by atoms with van der Waals surface area (Å²) in [5.41, 5.74) is 7.51. The summed E-state index contributed by atoms with van der Waals surface area (Å²) >= 11 is 4.66. The first-order valence-electron chi connectivity index (χ1n) is 12.0. The maximum atomic E-state index is 4.74. The molecule has 0 aliphatic carbocycles. The molecule has 0 saturated heterocycles. The van der Waals surface area contributed by atoms with Crippen LogP contribution in [0, 0.1) is 20.8 Å². The van der Waals surface area contributed by atoms with Gasteiger partial charge in [-0.05, 0) is 75.4 Å². The van der Waals surface area contributed by atoms with Crippen LogP contribution in [0.3, 0.4) is 0 Å². The first-order valence-corrected chi connectivity index (χ1v) is 12.5. The number of rotatable bonds is 5. The Balaban J connectivity index is 0.00000103. The fourth-order valence-corrected chi connectivity index (χ4v) is 5.03. The van der Waals surface area contributed by atoms with Crippen molar-refractivity contribution in [2.24, 2.45) is 0 Å². The van der Waals surface area contributed by atoms with Crippen LogP contribution >= 0.6 is 12.6 Å². The summed E-state index contributed by atoms with van der Waals surface area (Å²) in [4.78, 5) is 15.3. The summed E-state index contributed by atoms with van der Waals surface area (Å²) in [5.74, 6) is 0.782. The van der Waals surface area contributed by atoms with Gasteiger partial charge in [-0.25, -0.2) is 9.97 Å². The van der Waals surface area contributed by atoms with Crippen molar-refractivity contribution in [1.82, 2.24) is 9.97 Å². The summed E-state index contributed by atoms with van der Waals surface area (Å²) in [5, 5.41) is 0. The van der Waals surface area contributed by atoms with Crippen molar-refractivity contribution in [2.45, 2.75) is 71.0 Å². The van der Waals surface area contributed by atoms with Gasteiger partial charge in [-0.1, -0.05) is 42.3 Å². The number of hydrogen-bond donors (Lipinski definition) is 1. The maximum absolute atomic E-state index is 4.74. The van der Waals surface area contributed by atoms with Gasteiger partial charge < -0.3 is 9.80 Å². The van der Waals surface area contributed by atoms with E-state index in [1.807, 2.05) is 26.2 Å². The molecule has 34 heavy (non-hydrogen) atoms. The second-order valence-electron chi connectivity index (χ2n) is 9.26. The summed E-state index contributed by atoms with van der Waals surface area (Å²) in [7, 11) is 2.21. The second kappa shape index (κ2) is 11.6. The van der Waals surface area contributed by atoms with E-state index in [-0.39, 0.29) is 6.04 Å². The van der Waals surface area contributed by atoms with Crippen LogP contribution in [0.4, 0.5) is 11.6 Å². The molecular weight excluding hydrogens is 436 g/mol. The van der Waals surface area contributed by atoms with Gasteiger partial charge in [0.25, 0.3) is 0 Å². The standard InChI is InChI=1S/C26H32N4S.C3H6/c1-6-21-12-25(23-13-22(31)7-8-24(23)29(21)5)30(26-27-14-19(4)15-28-26)16-20-10-17(2)9-18(3)11-20;1-3-2/h7-11,13-15,21,25,31H,6,12,16H2,1-5H3;3H,1H2,2H3. The van der Waals surface area contributed by atoms with Crippen LogP contribution in [-0.2, 0) is 6.54 Å². The molecule has 0 radical (unpaired) electrons. The number of benzene rings is 2. The molecule has 0 N–H and O–H groups in total. The molecule has 4 rings (SSSR count). The van der Waals surface area contributed by atoms with E-state index in [0.717, 1.165) is 35.8 Å². The lowest BCUT2D eigenvalue weighted by molar-refractivity contribution is 0.447. The quantitative estimate of drug-likeness (QED) is 0.312. The van der Waals surface area contributed by atoms with E-state index in [4.69, 9.17) is 9.97 Å². The van der Waals surface area contributed by atoms with Gasteiger partial charge in [0.05, 0.1) is 6.04 Å². The van der Waals surface area contributed by atoms with Crippen LogP contribution < -0.4 is 9.80 Å². The Bertz CT molecular complexity index is 1090. The smallest absolute Gasteiger partial charge is 0.226 e. The third-order valence-corrected chi connectivity index (χ3v) is 6.58. The van der Waals surface area contributed by atoms with Crippen LogP contribution in [0.5, 0.6) is 0 Å². The zero-order valence-electron chi connectivity index (χ0n) is 21.4. The van der Waals surface area contributed by atoms with Crippen LogP contribution in [0.2, 0.25) is 0 Å². The molecule has 0 amide bonds. The number of hydrogen-bond acceptors (Lipinski definition) is 5. The summed E-state index contributed by atoms with van der Waals surface area (Å²) in [6, 6.07) is 13.9. The fraction of sp³-hybridized carbons (Fsp3) is 0.379. The first-order chi connectivity index (χ1) is 16.3. The molecule has 0 fully saturated rings. The minimum atomic E-state index is 0.187. The molecule has 0 saturated carbocycles. The highest BCUT2D eigenvalue weighted by Crippen LogP contribution is 2.43. The molecule has 1 aromatic heterocycles. The number of fused-ring (bicyclic) bond motifs is 1. The SMILES string of the molecule is C=CC.CCC1CC(N(Cc2cc(C)cc(C)c2)c2ncc(C)cn2)c2cc(S)ccc2N1C. The van der Waals surface area contributed by atoms with E-state index < -0.39 is 0 Å². The molecule has 2 atom stereocenters. The number of anilines is 2. The minimum Gasteiger partial charge on any atom is -0.371 e. The predicted octanol–water partition coefficient (Wildman–Crippen LogP) is 7.25. The molecule has 4 nitrogen and oxygen atoms in total. The zero-order valence-corrected chi connectivity index (χ0v) is 22.3. The van der Waals surface area contributed by atoms with Crippen LogP contribution in [-0.4, -0.2) is 23.1 Å². The van der Waals surface area contributed by atoms with Crippen molar-refractivity contribution in [2.75, 3.05) is 16.8 Å². The van der Waals surface area contributed by atoms with Crippen molar-refractivity contribution < 1.29 is 0 Å². The fourth-order valence-electron chi connectivity index (χ4n) is 4.82. The average Bonchev–Trinajstić information content (AvgIpc) is 2.79. The molecule has 1 aliphatic heterocycles. The van der Waals surface area contributed by atoms with Gasteiger partial charge >= 0.3 is 0 Å². The first kappa shape index (κ1) is 25.8. The average molecular weight is 475 g/mol. The Morgan fingerprint density at radius 1 is 1.06 bits per heavy atom. The highest BCUT2D eigenvalue weighted by Gasteiger charge is 2.34. The lowest BCUT2D eigenvalue weighted by Gasteiger charge is -2.44. The van der Waals surface area contributed by atoms with Crippen molar-refractivity contribution in [3.05, 3.63) is 89.3 Å². The molecule has 0 spiro atoms. The van der Waals surface area contributed by atoms with Crippen molar-refractivity contribution in [3.63, 3.8) is 0 Å². The Kier molecular flexibility index (Phi) is 8.78. The lowest BCUT2D eigenvalue weighted by Crippen LogP contribution is -2.43. The topological polar surface area (TPSA) is 32.3 Å². The third kappa shape index (κ3) is 6.01. The molecular formula is C29H38N4S. The van der Waals surface area contributed by atoms with Crippen molar-refractivity contribution in [1.29, 1.82) is 0 Å². The largest absolute Gasteiger partial charge is 0.371 e. The number of allylic oxidation sites excluding steroid dienone is 1. The van der Waals surface area contributed by atoms with Gasteiger partial charge in [0.1, 0.15) is 0 Å². The number of thiol groups is 1. The molecule has 180 valence electrons. The number of aromatic nitrogens is 2. The minimum absolute atomic E-state index is 0.187. The lowest BCUT2D eigenvalue weighted by atomic mass is 9.89. The second-order valence-corrected chi connectivity index (χ2v) is 9.78. The van der Waals surface area contributed by atoms with Crippen molar-refractivity contribution >= 4 is 24.3 Å². The molecule has 1 aliphatic rings. The highest BCUT2D eigenvalue weighted by atomic mass is 32.1. The van der Waals surface area contributed by atoms with Crippen LogP contribution in [0.25, 0.3) is 0 Å². The molecule has 3 aromatic rings. The van der Waals surface area contributed by atoms with Gasteiger partial charge in [0, 0.05) is 42.6 Å². The van der Waals surface area contributed by atoms with Crippen LogP contribution in [0.15, 0.2) is 66.3 Å². The van der Waals surface area contributed by atoms with Gasteiger partial charge in [-0.3, -0.25) is 0 Å². The monoisotopic (exact) mass is 474 g/mol. The van der Waals surface area contributed by atoms with E-state index in [2.05, 4.69) is 93.2 Å². The Morgan fingerprint density at radius 2 is 1.68 bits per heavy atom. The Labute approximate surface area is 211 Å². The van der Waals surface area contributed by atoms with E-state index in [1.165, 1.54) is 27.9 Å². The molecule has 2 aromatic carbocycles. The van der Waals surface area contributed by atoms with Gasteiger partial charge in [0.2, 0.25) is 5.95 Å². The summed E-state index contributed by atoms with van der Waals surface area (Å²) in [6.07, 6.45) is 7.71. The normalized spacial score (nSPS) is 16.9. The predicted molar refractivity (Wildman–Crippen MR) is 148 cm³/mol. The zero-order chi connectivity index (χ0) is 24.8. The van der Waals surface area contributed by atoms with Gasteiger partial charge in [-0.2, -0.15) is 0 Å². The van der Waals surface area contributed by atoms with E-state index in [1.54, 1.807) is 6.08 Å². The maximum Gasteiger partial charge on any atom is 0.226 e. The third-order valence-electron chi connectivity index (χ3n) is 6.30. The Morgan fingerprint density at radius 3 is 2.26 bits per heavy atom. The number of nitrogens with zero attached hydrogens (tertiary/aromatic N) is 4. The molecule has 0 bridgehead atoms. The Hall–Kier alpha value is -2.79. The molecule has 2 heterocycles. The highest BCUT2D eigenvalue weighted by molar-refractivity contribution is 7.80. The van der Waals surface area contributed by atoms with Crippen molar-refractivity contribution in [3.8, 4) is 0 Å². The van der Waals surface area contributed by atoms with Gasteiger partial charge in [0.15, 0.2) is 0 Å². The van der Waals surface area contributed by atoms with Gasteiger partial charge in [-0.15, -0.1) is 19.2 Å². The summed E-state index contributed by atoms with van der Waals surface area (Å²) in [6.45, 7) is 14.6. The summed E-state index contributed by atoms with van der Waals surface area (Å²) < 4.78 is 0. The van der Waals surface area contributed by atoms with E-state index in [0.29, 0.717) is 6.04 Å².